The number of nitrogens with zero attached hydrogens (tertiary/aromatic N) is 2. The molecule has 5 amide bonds. The first-order chi connectivity index (χ1) is 13.9. The molecule has 0 bridgehead atoms. The number of fused-ring (bicyclic) bond motifs is 1. The maximum absolute atomic E-state index is 13.2. The number of imide groups is 2. The average molecular weight is 398 g/mol. The maximum Gasteiger partial charge on any atom is 0.264 e. The zero-order valence-electron chi connectivity index (χ0n) is 16.1. The Hall–Kier alpha value is -3.23. The SMILES string of the molecule is CNC(=O)C1CCN(c2cccc3c2C(=O)N(C2CCC(=O)NC2=O)C3=O)CC1. The number of amides is 5. The van der Waals surface area contributed by atoms with Crippen LogP contribution in [0.1, 0.15) is 46.4 Å². The van der Waals surface area contributed by atoms with Crippen molar-refractivity contribution >= 4 is 35.2 Å². The fourth-order valence-electron chi connectivity index (χ4n) is 4.35. The lowest BCUT2D eigenvalue weighted by atomic mass is 9.94. The molecule has 1 aromatic rings. The van der Waals surface area contributed by atoms with Gasteiger partial charge >= 0.3 is 0 Å². The number of anilines is 1. The molecule has 2 N–H and O–H groups in total. The van der Waals surface area contributed by atoms with Gasteiger partial charge in [0.2, 0.25) is 17.7 Å². The summed E-state index contributed by atoms with van der Waals surface area (Å²) in [5.74, 6) is -2.10. The van der Waals surface area contributed by atoms with E-state index < -0.39 is 29.7 Å². The third-order valence-corrected chi connectivity index (χ3v) is 5.90. The summed E-state index contributed by atoms with van der Waals surface area (Å²) in [6.07, 6.45) is 1.53. The number of benzene rings is 1. The van der Waals surface area contributed by atoms with Crippen LogP contribution < -0.4 is 15.5 Å². The van der Waals surface area contributed by atoms with Gasteiger partial charge in [0.25, 0.3) is 11.8 Å². The first-order valence-corrected chi connectivity index (χ1v) is 9.73. The predicted molar refractivity (Wildman–Crippen MR) is 102 cm³/mol. The number of piperidine rings is 2. The van der Waals surface area contributed by atoms with Crippen molar-refractivity contribution in [1.82, 2.24) is 15.5 Å². The van der Waals surface area contributed by atoms with E-state index in [4.69, 9.17) is 0 Å². The van der Waals surface area contributed by atoms with Gasteiger partial charge in [0.1, 0.15) is 6.04 Å². The van der Waals surface area contributed by atoms with E-state index in [0.717, 1.165) is 4.90 Å². The molecule has 0 saturated carbocycles. The van der Waals surface area contributed by atoms with Gasteiger partial charge in [-0.3, -0.25) is 34.2 Å². The Labute approximate surface area is 167 Å². The second-order valence-electron chi connectivity index (χ2n) is 7.52. The molecule has 1 atom stereocenters. The fourth-order valence-corrected chi connectivity index (χ4v) is 4.35. The number of carbonyl (C=O) groups excluding carboxylic acids is 5. The number of hydrogen-bond acceptors (Lipinski definition) is 6. The van der Waals surface area contributed by atoms with Gasteiger partial charge in [-0.2, -0.15) is 0 Å². The molecule has 0 spiro atoms. The van der Waals surface area contributed by atoms with Gasteiger partial charge < -0.3 is 10.2 Å². The highest BCUT2D eigenvalue weighted by Gasteiger charge is 2.46. The normalized spacial score (nSPS) is 22.6. The highest BCUT2D eigenvalue weighted by Crippen LogP contribution is 2.35. The van der Waals surface area contributed by atoms with Gasteiger partial charge in [0, 0.05) is 32.5 Å². The van der Waals surface area contributed by atoms with Crippen molar-refractivity contribution in [2.24, 2.45) is 5.92 Å². The van der Waals surface area contributed by atoms with Gasteiger partial charge in [0.05, 0.1) is 16.8 Å². The highest BCUT2D eigenvalue weighted by atomic mass is 16.2. The Kier molecular flexibility index (Phi) is 4.81. The predicted octanol–water partition coefficient (Wildman–Crippen LogP) is 0.0502. The Morgan fingerprint density at radius 1 is 1.07 bits per heavy atom. The highest BCUT2D eigenvalue weighted by molar-refractivity contribution is 6.25. The quantitative estimate of drug-likeness (QED) is 0.695. The molecule has 4 rings (SSSR count). The van der Waals surface area contributed by atoms with E-state index in [-0.39, 0.29) is 30.2 Å². The van der Waals surface area contributed by atoms with Crippen molar-refractivity contribution in [2.45, 2.75) is 31.7 Å². The molecule has 3 aliphatic heterocycles. The number of carbonyl (C=O) groups is 5. The summed E-state index contributed by atoms with van der Waals surface area (Å²) in [5, 5.41) is 4.87. The van der Waals surface area contributed by atoms with Crippen LogP contribution in [0, 0.1) is 5.92 Å². The molecule has 0 aliphatic carbocycles. The third-order valence-electron chi connectivity index (χ3n) is 5.90. The molecular formula is C20H22N4O5. The fraction of sp³-hybridized carbons (Fsp3) is 0.450. The van der Waals surface area contributed by atoms with E-state index in [9.17, 15) is 24.0 Å². The number of nitrogens with one attached hydrogen (secondary N) is 2. The first kappa shape index (κ1) is 19.1. The van der Waals surface area contributed by atoms with Crippen LogP contribution in [0.4, 0.5) is 5.69 Å². The maximum atomic E-state index is 13.2. The molecule has 1 aromatic carbocycles. The van der Waals surface area contributed by atoms with Crippen molar-refractivity contribution in [3.8, 4) is 0 Å². The lowest BCUT2D eigenvalue weighted by Crippen LogP contribution is -2.54. The minimum absolute atomic E-state index is 0.0122. The summed E-state index contributed by atoms with van der Waals surface area (Å²) < 4.78 is 0. The Bertz CT molecular complexity index is 919. The molecule has 2 fully saturated rings. The summed E-state index contributed by atoms with van der Waals surface area (Å²) in [6.45, 7) is 1.18. The molecule has 152 valence electrons. The van der Waals surface area contributed by atoms with Gasteiger partial charge in [-0.25, -0.2) is 0 Å². The van der Waals surface area contributed by atoms with Crippen LogP contribution in [0.15, 0.2) is 18.2 Å². The summed E-state index contributed by atoms with van der Waals surface area (Å²) in [5.41, 5.74) is 1.21. The molecular weight excluding hydrogens is 376 g/mol. The van der Waals surface area contributed by atoms with Gasteiger partial charge in [-0.1, -0.05) is 6.07 Å². The topological polar surface area (TPSA) is 116 Å². The first-order valence-electron chi connectivity index (χ1n) is 9.73. The zero-order valence-corrected chi connectivity index (χ0v) is 16.1. The van der Waals surface area contributed by atoms with E-state index in [1.165, 1.54) is 0 Å². The molecule has 0 radical (unpaired) electrons. The van der Waals surface area contributed by atoms with Crippen molar-refractivity contribution in [3.63, 3.8) is 0 Å². The monoisotopic (exact) mass is 398 g/mol. The average Bonchev–Trinajstić information content (AvgIpc) is 2.98. The van der Waals surface area contributed by atoms with Crippen LogP contribution in [0.25, 0.3) is 0 Å². The second kappa shape index (κ2) is 7.31. The lowest BCUT2D eigenvalue weighted by molar-refractivity contribution is -0.136. The van der Waals surface area contributed by atoms with E-state index in [1.807, 2.05) is 4.90 Å². The summed E-state index contributed by atoms with van der Waals surface area (Å²) in [7, 11) is 1.62. The molecule has 9 heteroatoms. The molecule has 3 aliphatic rings. The zero-order chi connectivity index (χ0) is 20.7. The standard InChI is InChI=1S/C20H22N4O5/c1-21-17(26)11-7-9-23(10-8-11)13-4-2-3-12-16(13)20(29)24(19(12)28)14-5-6-15(25)22-18(14)27/h2-4,11,14H,5-10H2,1H3,(H,21,26)(H,22,25,27). The molecule has 29 heavy (non-hydrogen) atoms. The lowest BCUT2D eigenvalue weighted by Gasteiger charge is -2.33. The summed E-state index contributed by atoms with van der Waals surface area (Å²) in [4.78, 5) is 64.6. The van der Waals surface area contributed by atoms with Gasteiger partial charge in [-0.05, 0) is 31.4 Å². The van der Waals surface area contributed by atoms with E-state index in [0.29, 0.717) is 37.2 Å². The van der Waals surface area contributed by atoms with E-state index in [2.05, 4.69) is 10.6 Å². The van der Waals surface area contributed by atoms with Crippen LogP contribution in [0.2, 0.25) is 0 Å². The third kappa shape index (κ3) is 3.16. The van der Waals surface area contributed by atoms with Gasteiger partial charge in [0.15, 0.2) is 0 Å². The van der Waals surface area contributed by atoms with E-state index >= 15 is 0 Å². The van der Waals surface area contributed by atoms with Crippen molar-refractivity contribution in [3.05, 3.63) is 29.3 Å². The van der Waals surface area contributed by atoms with Crippen molar-refractivity contribution in [1.29, 1.82) is 0 Å². The second-order valence-corrected chi connectivity index (χ2v) is 7.52. The van der Waals surface area contributed by atoms with Crippen molar-refractivity contribution < 1.29 is 24.0 Å². The molecule has 0 aromatic heterocycles. The Balaban J connectivity index is 1.60. The van der Waals surface area contributed by atoms with Crippen LogP contribution >= 0.6 is 0 Å². The molecule has 2 saturated heterocycles. The van der Waals surface area contributed by atoms with E-state index in [1.54, 1.807) is 25.2 Å². The van der Waals surface area contributed by atoms with Crippen LogP contribution in [-0.4, -0.2) is 60.6 Å². The molecule has 3 heterocycles. The van der Waals surface area contributed by atoms with Crippen LogP contribution in [-0.2, 0) is 14.4 Å². The molecule has 9 nitrogen and oxygen atoms in total. The summed E-state index contributed by atoms with van der Waals surface area (Å²) in [6, 6.07) is 4.12. The van der Waals surface area contributed by atoms with Crippen LogP contribution in [0.5, 0.6) is 0 Å². The largest absolute Gasteiger partial charge is 0.371 e. The summed E-state index contributed by atoms with van der Waals surface area (Å²) >= 11 is 0. The minimum Gasteiger partial charge on any atom is -0.371 e. The minimum atomic E-state index is -0.980. The molecule has 1 unspecified atom stereocenters. The van der Waals surface area contributed by atoms with Gasteiger partial charge in [-0.15, -0.1) is 0 Å². The Morgan fingerprint density at radius 2 is 1.79 bits per heavy atom. The smallest absolute Gasteiger partial charge is 0.264 e. The Morgan fingerprint density at radius 3 is 2.45 bits per heavy atom. The number of hydrogen-bond donors (Lipinski definition) is 2. The van der Waals surface area contributed by atoms with Crippen molar-refractivity contribution in [2.75, 3.05) is 25.0 Å². The van der Waals surface area contributed by atoms with Crippen LogP contribution in [0.3, 0.4) is 0 Å². The number of rotatable bonds is 3.